The molecule has 19 heavy (non-hydrogen) atoms. The molecule has 0 unspecified atom stereocenters. The number of esters is 1. The Labute approximate surface area is 119 Å². The van der Waals surface area contributed by atoms with Gasteiger partial charge in [-0.2, -0.15) is 18.4 Å². The minimum Gasteiger partial charge on any atom is -0.469 e. The Morgan fingerprint density at radius 1 is 1.53 bits per heavy atom. The molecule has 0 aliphatic rings. The molecule has 0 bridgehead atoms. The third kappa shape index (κ3) is 4.76. The number of rotatable bonds is 3. The molecule has 3 nitrogen and oxygen atoms in total. The fourth-order valence-electron chi connectivity index (χ4n) is 1.28. The normalized spacial score (nSPS) is 10.9. The van der Waals surface area contributed by atoms with Crippen molar-refractivity contribution in [2.45, 2.75) is 16.8 Å². The van der Waals surface area contributed by atoms with Crippen LogP contribution in [-0.2, 0) is 16.0 Å². The first kappa shape index (κ1) is 15.9. The average Bonchev–Trinajstić information content (AvgIpc) is 2.31. The fraction of sp³-hybridized carbons (Fsp3) is 0.273. The van der Waals surface area contributed by atoms with Crippen LogP contribution in [0, 0.1) is 11.3 Å². The van der Waals surface area contributed by atoms with Crippen molar-refractivity contribution < 1.29 is 22.7 Å². The average molecular weight is 354 g/mol. The Kier molecular flexibility index (Phi) is 5.26. The van der Waals surface area contributed by atoms with Crippen LogP contribution in [0.15, 0.2) is 21.5 Å². The number of ether oxygens (including phenoxy) is 1. The number of carbonyl (C=O) groups excluding carboxylic acids is 1. The third-order valence-electron chi connectivity index (χ3n) is 2.02. The van der Waals surface area contributed by atoms with Crippen molar-refractivity contribution in [3.05, 3.63) is 27.7 Å². The second-order valence-corrected chi connectivity index (χ2v) is 5.27. The van der Waals surface area contributed by atoms with Crippen LogP contribution < -0.4 is 0 Å². The SMILES string of the molecule is COC(=O)Cc1cc(C#N)c(Br)c(SC(F)(F)F)c1. The minimum absolute atomic E-state index is 0.0353. The Morgan fingerprint density at radius 2 is 2.16 bits per heavy atom. The van der Waals surface area contributed by atoms with Gasteiger partial charge in [-0.3, -0.25) is 4.79 Å². The van der Waals surface area contributed by atoms with E-state index in [1.54, 1.807) is 6.07 Å². The smallest absolute Gasteiger partial charge is 0.446 e. The van der Waals surface area contributed by atoms with E-state index in [0.29, 0.717) is 5.56 Å². The van der Waals surface area contributed by atoms with Gasteiger partial charge >= 0.3 is 11.5 Å². The zero-order chi connectivity index (χ0) is 14.6. The molecule has 0 amide bonds. The molecule has 0 N–H and O–H groups in total. The van der Waals surface area contributed by atoms with E-state index in [0.717, 1.165) is 0 Å². The largest absolute Gasteiger partial charge is 0.469 e. The molecule has 0 aromatic heterocycles. The van der Waals surface area contributed by atoms with Gasteiger partial charge in [-0.05, 0) is 45.4 Å². The highest BCUT2D eigenvalue weighted by molar-refractivity contribution is 9.10. The van der Waals surface area contributed by atoms with Crippen molar-refractivity contribution in [2.24, 2.45) is 0 Å². The van der Waals surface area contributed by atoms with E-state index in [2.05, 4.69) is 20.7 Å². The predicted molar refractivity (Wildman–Crippen MR) is 66.5 cm³/mol. The van der Waals surface area contributed by atoms with Gasteiger partial charge in [0.2, 0.25) is 0 Å². The van der Waals surface area contributed by atoms with Crippen molar-refractivity contribution in [1.29, 1.82) is 5.26 Å². The van der Waals surface area contributed by atoms with Crippen molar-refractivity contribution >= 4 is 33.7 Å². The zero-order valence-electron chi connectivity index (χ0n) is 9.55. The van der Waals surface area contributed by atoms with Crippen molar-refractivity contribution in [2.75, 3.05) is 7.11 Å². The van der Waals surface area contributed by atoms with Crippen molar-refractivity contribution in [3.8, 4) is 6.07 Å². The number of nitrogens with zero attached hydrogens (tertiary/aromatic N) is 1. The lowest BCUT2D eigenvalue weighted by molar-refractivity contribution is -0.139. The predicted octanol–water partition coefficient (Wildman–Crippen LogP) is 3.65. The van der Waals surface area contributed by atoms with Crippen LogP contribution in [0.1, 0.15) is 11.1 Å². The Morgan fingerprint density at radius 3 is 2.63 bits per heavy atom. The van der Waals surface area contributed by atoms with Crippen LogP contribution in [0.2, 0.25) is 0 Å². The summed E-state index contributed by atoms with van der Waals surface area (Å²) in [6, 6.07) is 4.33. The van der Waals surface area contributed by atoms with E-state index in [-0.39, 0.29) is 33.1 Å². The molecule has 0 saturated carbocycles. The van der Waals surface area contributed by atoms with Gasteiger partial charge < -0.3 is 4.74 Å². The minimum atomic E-state index is -4.47. The summed E-state index contributed by atoms with van der Waals surface area (Å²) in [5, 5.41) is 8.87. The van der Waals surface area contributed by atoms with Gasteiger partial charge in [0.15, 0.2) is 0 Å². The van der Waals surface area contributed by atoms with Gasteiger partial charge in [-0.15, -0.1) is 0 Å². The Balaban J connectivity index is 3.19. The van der Waals surface area contributed by atoms with E-state index in [1.165, 1.54) is 19.2 Å². The molecule has 8 heteroatoms. The van der Waals surface area contributed by atoms with Gasteiger partial charge in [0, 0.05) is 9.37 Å². The Hall–Kier alpha value is -1.20. The first-order valence-electron chi connectivity index (χ1n) is 4.82. The summed E-state index contributed by atoms with van der Waals surface area (Å²) in [6.45, 7) is 0. The zero-order valence-corrected chi connectivity index (χ0v) is 11.9. The summed E-state index contributed by atoms with van der Waals surface area (Å²) in [5.74, 6) is -0.589. The van der Waals surface area contributed by atoms with Crippen molar-refractivity contribution in [3.63, 3.8) is 0 Å². The highest BCUT2D eigenvalue weighted by Crippen LogP contribution is 2.41. The number of hydrogen-bond donors (Lipinski definition) is 0. The summed E-state index contributed by atoms with van der Waals surface area (Å²) < 4.78 is 41.7. The highest BCUT2D eigenvalue weighted by Gasteiger charge is 2.31. The third-order valence-corrected chi connectivity index (χ3v) is 3.91. The fourth-order valence-corrected chi connectivity index (χ4v) is 2.50. The maximum Gasteiger partial charge on any atom is 0.446 e. The lowest BCUT2D eigenvalue weighted by Gasteiger charge is -2.10. The van der Waals surface area contributed by atoms with E-state index in [4.69, 9.17) is 5.26 Å². The van der Waals surface area contributed by atoms with E-state index < -0.39 is 11.5 Å². The van der Waals surface area contributed by atoms with Crippen LogP contribution in [0.25, 0.3) is 0 Å². The van der Waals surface area contributed by atoms with Crippen LogP contribution in [0.5, 0.6) is 0 Å². The molecule has 1 aromatic rings. The molecule has 0 aliphatic heterocycles. The monoisotopic (exact) mass is 353 g/mol. The molecule has 0 saturated heterocycles. The number of nitriles is 1. The number of alkyl halides is 3. The number of hydrogen-bond acceptors (Lipinski definition) is 4. The molecular weight excluding hydrogens is 347 g/mol. The topological polar surface area (TPSA) is 50.1 Å². The van der Waals surface area contributed by atoms with Gasteiger partial charge in [-0.1, -0.05) is 0 Å². The van der Waals surface area contributed by atoms with E-state index in [9.17, 15) is 18.0 Å². The lowest BCUT2D eigenvalue weighted by atomic mass is 10.1. The van der Waals surface area contributed by atoms with E-state index in [1.807, 2.05) is 0 Å². The molecule has 1 rings (SSSR count). The van der Waals surface area contributed by atoms with Gasteiger partial charge in [0.1, 0.15) is 6.07 Å². The standard InChI is InChI=1S/C11H7BrF3NO2S/c1-18-9(17)4-6-2-7(5-16)10(12)8(3-6)19-11(13,14)15/h2-3H,4H2,1H3. The van der Waals surface area contributed by atoms with Gasteiger partial charge in [0.05, 0.1) is 19.1 Å². The summed E-state index contributed by atoms with van der Waals surface area (Å²) in [7, 11) is 1.18. The summed E-state index contributed by atoms with van der Waals surface area (Å²) in [6.07, 6.45) is -0.191. The summed E-state index contributed by atoms with van der Waals surface area (Å²) in [4.78, 5) is 11.0. The molecule has 0 spiro atoms. The number of halogens is 4. The number of thioether (sulfide) groups is 1. The quantitative estimate of drug-likeness (QED) is 0.614. The first-order chi connectivity index (χ1) is 8.76. The van der Waals surface area contributed by atoms with Crippen LogP contribution >= 0.6 is 27.7 Å². The van der Waals surface area contributed by atoms with E-state index >= 15 is 0 Å². The highest BCUT2D eigenvalue weighted by atomic mass is 79.9. The first-order valence-corrected chi connectivity index (χ1v) is 6.43. The number of methoxy groups -OCH3 is 1. The van der Waals surface area contributed by atoms with Crippen molar-refractivity contribution in [1.82, 2.24) is 0 Å². The summed E-state index contributed by atoms with van der Waals surface area (Å²) >= 11 is 2.61. The van der Waals surface area contributed by atoms with Gasteiger partial charge in [0.25, 0.3) is 0 Å². The van der Waals surface area contributed by atoms with Crippen LogP contribution in [-0.4, -0.2) is 18.6 Å². The second kappa shape index (κ2) is 6.30. The molecule has 1 aromatic carbocycles. The van der Waals surface area contributed by atoms with Crippen LogP contribution in [0.3, 0.4) is 0 Å². The molecule has 0 aliphatic carbocycles. The van der Waals surface area contributed by atoms with Crippen LogP contribution in [0.4, 0.5) is 13.2 Å². The molecule has 102 valence electrons. The Bertz CT molecular complexity index is 540. The molecule has 0 radical (unpaired) electrons. The number of carbonyl (C=O) groups is 1. The number of benzene rings is 1. The molecule has 0 heterocycles. The molecule has 0 fully saturated rings. The molecule has 0 atom stereocenters. The maximum absolute atomic E-state index is 12.4. The van der Waals surface area contributed by atoms with Gasteiger partial charge in [-0.25, -0.2) is 0 Å². The second-order valence-electron chi connectivity index (χ2n) is 3.37. The maximum atomic E-state index is 12.4. The molecular formula is C11H7BrF3NO2S. The summed E-state index contributed by atoms with van der Waals surface area (Å²) in [5.41, 5.74) is -4.15. The lowest BCUT2D eigenvalue weighted by Crippen LogP contribution is -2.06.